The molecule has 1 heterocycles. The predicted octanol–water partition coefficient (Wildman–Crippen LogP) is 2.98. The lowest BCUT2D eigenvalue weighted by molar-refractivity contribution is 0.199. The molecule has 0 bridgehead atoms. The quantitative estimate of drug-likeness (QED) is 0.828. The number of nitrogens with zero attached hydrogens (tertiary/aromatic N) is 1. The molecule has 1 N–H and O–H groups in total. The second-order valence-electron chi connectivity index (χ2n) is 3.94. The number of methoxy groups -OCH3 is 1. The third kappa shape index (κ3) is 3.86. The first-order valence-corrected chi connectivity index (χ1v) is 6.59. The normalized spacial score (nSPS) is 10.9. The van der Waals surface area contributed by atoms with Crippen LogP contribution in [0.2, 0.25) is 0 Å². The summed E-state index contributed by atoms with van der Waals surface area (Å²) in [7, 11) is 1.65. The molecule has 0 aliphatic heterocycles. The van der Waals surface area contributed by atoms with Gasteiger partial charge in [-0.05, 0) is 34.1 Å². The van der Waals surface area contributed by atoms with E-state index in [9.17, 15) is 4.39 Å². The number of rotatable bonds is 6. The molecule has 0 saturated carbocycles. The number of hydrogen-bond acceptors (Lipinski definition) is 4. The molecule has 102 valence electrons. The number of halogens is 2. The van der Waals surface area contributed by atoms with E-state index in [2.05, 4.69) is 26.2 Å². The summed E-state index contributed by atoms with van der Waals surface area (Å²) in [6, 6.07) is 4.39. The van der Waals surface area contributed by atoms with Crippen molar-refractivity contribution in [1.82, 2.24) is 10.3 Å². The molecular formula is C13H14BrFN2O2. The second kappa shape index (κ2) is 6.79. The molecule has 1 aromatic carbocycles. The number of oxazole rings is 1. The molecule has 2 rings (SSSR count). The summed E-state index contributed by atoms with van der Waals surface area (Å²) in [6.45, 7) is 2.00. The summed E-state index contributed by atoms with van der Waals surface area (Å²) in [4.78, 5) is 4.35. The molecule has 2 aromatic rings. The zero-order valence-corrected chi connectivity index (χ0v) is 12.0. The lowest BCUT2D eigenvalue weighted by atomic mass is 10.2. The molecule has 0 unspecified atom stereocenters. The minimum atomic E-state index is -0.302. The van der Waals surface area contributed by atoms with Crippen molar-refractivity contribution in [2.75, 3.05) is 20.3 Å². The predicted molar refractivity (Wildman–Crippen MR) is 73.2 cm³/mol. The fourth-order valence-electron chi connectivity index (χ4n) is 1.57. The van der Waals surface area contributed by atoms with Crippen LogP contribution in [0.25, 0.3) is 11.5 Å². The van der Waals surface area contributed by atoms with Gasteiger partial charge >= 0.3 is 0 Å². The van der Waals surface area contributed by atoms with Crippen molar-refractivity contribution >= 4 is 15.9 Å². The van der Waals surface area contributed by atoms with E-state index in [-0.39, 0.29) is 5.82 Å². The van der Waals surface area contributed by atoms with E-state index < -0.39 is 0 Å². The monoisotopic (exact) mass is 328 g/mol. The second-order valence-corrected chi connectivity index (χ2v) is 4.79. The number of aromatic nitrogens is 1. The van der Waals surface area contributed by atoms with Crippen molar-refractivity contribution in [2.45, 2.75) is 6.54 Å². The first-order chi connectivity index (χ1) is 9.20. The van der Waals surface area contributed by atoms with Crippen LogP contribution in [0.4, 0.5) is 4.39 Å². The van der Waals surface area contributed by atoms with E-state index >= 15 is 0 Å². The Balaban J connectivity index is 2.04. The molecular weight excluding hydrogens is 315 g/mol. The van der Waals surface area contributed by atoms with Gasteiger partial charge in [-0.25, -0.2) is 9.37 Å². The van der Waals surface area contributed by atoms with E-state index in [0.29, 0.717) is 23.5 Å². The maximum Gasteiger partial charge on any atom is 0.227 e. The minimum absolute atomic E-state index is 0.302. The van der Waals surface area contributed by atoms with Crippen LogP contribution in [-0.4, -0.2) is 25.2 Å². The first-order valence-electron chi connectivity index (χ1n) is 5.80. The van der Waals surface area contributed by atoms with Crippen LogP contribution in [0.5, 0.6) is 0 Å². The molecule has 0 radical (unpaired) electrons. The zero-order chi connectivity index (χ0) is 13.7. The van der Waals surface area contributed by atoms with Gasteiger partial charge in [-0.2, -0.15) is 0 Å². The first kappa shape index (κ1) is 14.2. The molecule has 0 aliphatic rings. The van der Waals surface area contributed by atoms with Crippen molar-refractivity contribution in [2.24, 2.45) is 0 Å². The highest BCUT2D eigenvalue weighted by atomic mass is 79.9. The van der Waals surface area contributed by atoms with Gasteiger partial charge in [-0.3, -0.25) is 0 Å². The van der Waals surface area contributed by atoms with Gasteiger partial charge in [-0.1, -0.05) is 0 Å². The van der Waals surface area contributed by atoms with Crippen LogP contribution in [-0.2, 0) is 11.3 Å². The molecule has 0 spiro atoms. The Bertz CT molecular complexity index is 545. The van der Waals surface area contributed by atoms with Crippen LogP contribution >= 0.6 is 15.9 Å². The molecule has 0 aliphatic carbocycles. The Labute approximate surface area is 119 Å². The molecule has 1 aromatic heterocycles. The van der Waals surface area contributed by atoms with Crippen molar-refractivity contribution in [3.8, 4) is 11.5 Å². The molecule has 0 amide bonds. The SMILES string of the molecule is COCCNCc1coc(-c2ccc(F)cc2Br)n1. The van der Waals surface area contributed by atoms with E-state index in [0.717, 1.165) is 17.8 Å². The van der Waals surface area contributed by atoms with Crippen LogP contribution in [0.3, 0.4) is 0 Å². The van der Waals surface area contributed by atoms with Crippen molar-refractivity contribution in [1.29, 1.82) is 0 Å². The summed E-state index contributed by atoms with van der Waals surface area (Å²) >= 11 is 3.29. The van der Waals surface area contributed by atoms with Gasteiger partial charge in [0.15, 0.2) is 0 Å². The fourth-order valence-corrected chi connectivity index (χ4v) is 2.09. The van der Waals surface area contributed by atoms with Gasteiger partial charge in [0, 0.05) is 24.7 Å². The fraction of sp³-hybridized carbons (Fsp3) is 0.308. The third-order valence-corrected chi connectivity index (χ3v) is 3.16. The van der Waals surface area contributed by atoms with Crippen LogP contribution in [0, 0.1) is 5.82 Å². The molecule has 6 heteroatoms. The van der Waals surface area contributed by atoms with Crippen molar-refractivity contribution < 1.29 is 13.5 Å². The molecule has 19 heavy (non-hydrogen) atoms. The smallest absolute Gasteiger partial charge is 0.227 e. The van der Waals surface area contributed by atoms with Gasteiger partial charge in [0.1, 0.15) is 12.1 Å². The van der Waals surface area contributed by atoms with Gasteiger partial charge in [-0.15, -0.1) is 0 Å². The standard InChI is InChI=1S/C13H14BrFN2O2/c1-18-5-4-16-7-10-8-19-13(17-10)11-3-2-9(15)6-12(11)14/h2-3,6,8,16H,4-5,7H2,1H3. The van der Waals surface area contributed by atoms with E-state index in [4.69, 9.17) is 9.15 Å². The molecule has 0 saturated heterocycles. The van der Waals surface area contributed by atoms with Gasteiger partial charge in [0.25, 0.3) is 0 Å². The largest absolute Gasteiger partial charge is 0.444 e. The van der Waals surface area contributed by atoms with Gasteiger partial charge < -0.3 is 14.5 Å². The lowest BCUT2D eigenvalue weighted by Gasteiger charge is -2.00. The number of hydrogen-bond donors (Lipinski definition) is 1. The maximum atomic E-state index is 13.0. The Morgan fingerprint density at radius 2 is 2.32 bits per heavy atom. The zero-order valence-electron chi connectivity index (χ0n) is 10.5. The number of nitrogens with one attached hydrogen (secondary N) is 1. The Kier molecular flexibility index (Phi) is 5.07. The molecule has 4 nitrogen and oxygen atoms in total. The van der Waals surface area contributed by atoms with Crippen molar-refractivity contribution in [3.63, 3.8) is 0 Å². The summed E-state index contributed by atoms with van der Waals surface area (Å²) < 4.78 is 24.0. The summed E-state index contributed by atoms with van der Waals surface area (Å²) in [5, 5.41) is 3.17. The third-order valence-electron chi connectivity index (χ3n) is 2.50. The Morgan fingerprint density at radius 3 is 3.05 bits per heavy atom. The molecule has 0 atom stereocenters. The Hall–Kier alpha value is -1.24. The van der Waals surface area contributed by atoms with Gasteiger partial charge in [0.05, 0.1) is 17.9 Å². The highest BCUT2D eigenvalue weighted by Crippen LogP contribution is 2.28. The topological polar surface area (TPSA) is 47.3 Å². The summed E-state index contributed by atoms with van der Waals surface area (Å²) in [5.41, 5.74) is 1.52. The Morgan fingerprint density at radius 1 is 1.47 bits per heavy atom. The summed E-state index contributed by atoms with van der Waals surface area (Å²) in [5.74, 6) is 0.166. The number of benzene rings is 1. The van der Waals surface area contributed by atoms with E-state index in [1.54, 1.807) is 19.4 Å². The summed E-state index contributed by atoms with van der Waals surface area (Å²) in [6.07, 6.45) is 1.59. The average molecular weight is 329 g/mol. The van der Waals surface area contributed by atoms with E-state index in [1.165, 1.54) is 12.1 Å². The van der Waals surface area contributed by atoms with E-state index in [1.807, 2.05) is 0 Å². The minimum Gasteiger partial charge on any atom is -0.444 e. The highest BCUT2D eigenvalue weighted by molar-refractivity contribution is 9.10. The van der Waals surface area contributed by atoms with Crippen LogP contribution < -0.4 is 5.32 Å². The number of ether oxygens (including phenoxy) is 1. The molecule has 0 fully saturated rings. The van der Waals surface area contributed by atoms with Crippen LogP contribution in [0.15, 0.2) is 33.4 Å². The average Bonchev–Trinajstić information content (AvgIpc) is 2.83. The highest BCUT2D eigenvalue weighted by Gasteiger charge is 2.10. The van der Waals surface area contributed by atoms with Crippen LogP contribution in [0.1, 0.15) is 5.69 Å². The lowest BCUT2D eigenvalue weighted by Crippen LogP contribution is -2.18. The van der Waals surface area contributed by atoms with Crippen molar-refractivity contribution in [3.05, 3.63) is 40.4 Å². The van der Waals surface area contributed by atoms with Gasteiger partial charge in [0.2, 0.25) is 5.89 Å². The maximum absolute atomic E-state index is 13.0.